The summed E-state index contributed by atoms with van der Waals surface area (Å²) in [6.45, 7) is 4.14. The lowest BCUT2D eigenvalue weighted by Crippen LogP contribution is -2.06. The zero-order valence-electron chi connectivity index (χ0n) is 10.3. The van der Waals surface area contributed by atoms with Crippen LogP contribution in [0.2, 0.25) is 0 Å². The number of hydrogen-bond donors (Lipinski definition) is 0. The van der Waals surface area contributed by atoms with Gasteiger partial charge in [-0.3, -0.25) is 4.57 Å². The van der Waals surface area contributed by atoms with Crippen molar-refractivity contribution in [2.45, 2.75) is 25.5 Å². The number of rotatable bonds is 3. The first-order chi connectivity index (χ1) is 8.86. The van der Waals surface area contributed by atoms with Gasteiger partial charge in [0.2, 0.25) is 0 Å². The molecular formula is C11H11BrClN3O2S. The molecule has 102 valence electrons. The molecule has 0 saturated heterocycles. The predicted molar refractivity (Wildman–Crippen MR) is 76.6 cm³/mol. The van der Waals surface area contributed by atoms with E-state index in [2.05, 4.69) is 26.1 Å². The van der Waals surface area contributed by atoms with Crippen LogP contribution in [0.4, 0.5) is 0 Å². The van der Waals surface area contributed by atoms with E-state index in [1.807, 2.05) is 32.0 Å². The Hall–Kier alpha value is -0.920. The van der Waals surface area contributed by atoms with E-state index in [0.29, 0.717) is 12.4 Å². The van der Waals surface area contributed by atoms with E-state index < -0.39 is 9.05 Å². The number of benzene rings is 1. The van der Waals surface area contributed by atoms with E-state index in [1.165, 1.54) is 4.57 Å². The smallest absolute Gasteiger partial charge is 0.296 e. The van der Waals surface area contributed by atoms with Gasteiger partial charge in [-0.2, -0.15) is 0 Å². The molecule has 0 bridgehead atoms. The Morgan fingerprint density at radius 1 is 1.37 bits per heavy atom. The van der Waals surface area contributed by atoms with Crippen molar-refractivity contribution in [1.82, 2.24) is 14.8 Å². The number of aromatic nitrogens is 3. The third-order valence-corrected chi connectivity index (χ3v) is 4.77. The van der Waals surface area contributed by atoms with Gasteiger partial charge in [0.05, 0.1) is 0 Å². The quantitative estimate of drug-likeness (QED) is 0.785. The molecule has 0 N–H and O–H groups in total. The highest BCUT2D eigenvalue weighted by molar-refractivity contribution is 9.10. The van der Waals surface area contributed by atoms with Crippen LogP contribution in [-0.2, 0) is 15.6 Å². The summed E-state index contributed by atoms with van der Waals surface area (Å²) >= 11 is 3.43. The highest BCUT2D eigenvalue weighted by Crippen LogP contribution is 2.29. The highest BCUT2D eigenvalue weighted by atomic mass is 79.9. The van der Waals surface area contributed by atoms with Gasteiger partial charge in [-0.15, -0.1) is 10.2 Å². The first-order valence-electron chi connectivity index (χ1n) is 5.49. The fourth-order valence-electron chi connectivity index (χ4n) is 1.80. The molecule has 0 aliphatic carbocycles. The minimum atomic E-state index is -3.91. The fourth-order valence-corrected chi connectivity index (χ4v) is 3.13. The van der Waals surface area contributed by atoms with Crippen LogP contribution >= 0.6 is 26.6 Å². The van der Waals surface area contributed by atoms with Crippen molar-refractivity contribution >= 4 is 35.7 Å². The van der Waals surface area contributed by atoms with Gasteiger partial charge in [0.15, 0.2) is 5.82 Å². The van der Waals surface area contributed by atoms with E-state index in [1.54, 1.807) is 0 Å². The van der Waals surface area contributed by atoms with Crippen LogP contribution in [0.15, 0.2) is 27.8 Å². The van der Waals surface area contributed by atoms with Gasteiger partial charge >= 0.3 is 0 Å². The lowest BCUT2D eigenvalue weighted by Gasteiger charge is -2.09. The molecule has 1 aromatic heterocycles. The lowest BCUT2D eigenvalue weighted by molar-refractivity contribution is 0.582. The molecular weight excluding hydrogens is 354 g/mol. The van der Waals surface area contributed by atoms with Crippen molar-refractivity contribution < 1.29 is 8.42 Å². The molecule has 0 atom stereocenters. The summed E-state index contributed by atoms with van der Waals surface area (Å²) in [7, 11) is 1.45. The molecule has 1 aromatic carbocycles. The van der Waals surface area contributed by atoms with Crippen LogP contribution in [-0.4, -0.2) is 23.2 Å². The molecule has 0 aliphatic rings. The van der Waals surface area contributed by atoms with Crippen LogP contribution in [0.3, 0.4) is 0 Å². The summed E-state index contributed by atoms with van der Waals surface area (Å²) in [6, 6.07) is 5.63. The second kappa shape index (κ2) is 5.22. The van der Waals surface area contributed by atoms with Crippen molar-refractivity contribution in [3.05, 3.63) is 28.2 Å². The zero-order chi connectivity index (χ0) is 14.2. The first kappa shape index (κ1) is 14.5. The van der Waals surface area contributed by atoms with E-state index in [4.69, 9.17) is 10.7 Å². The summed E-state index contributed by atoms with van der Waals surface area (Å²) in [5.41, 5.74) is 1.78. The van der Waals surface area contributed by atoms with Crippen molar-refractivity contribution in [1.29, 1.82) is 0 Å². The van der Waals surface area contributed by atoms with E-state index >= 15 is 0 Å². The van der Waals surface area contributed by atoms with Crippen LogP contribution in [0.5, 0.6) is 0 Å². The summed E-state index contributed by atoms with van der Waals surface area (Å²) in [5.74, 6) is 0.487. The summed E-state index contributed by atoms with van der Waals surface area (Å²) in [4.78, 5) is 0. The highest BCUT2D eigenvalue weighted by Gasteiger charge is 2.23. The fraction of sp³-hybridized carbons (Fsp3) is 0.273. The molecule has 1 heterocycles. The molecule has 0 radical (unpaired) electrons. The Bertz CT molecular complexity index is 728. The monoisotopic (exact) mass is 363 g/mol. The largest absolute Gasteiger partial charge is 0.297 e. The maximum atomic E-state index is 11.4. The van der Waals surface area contributed by atoms with Crippen molar-refractivity contribution in [3.63, 3.8) is 0 Å². The Kier molecular flexibility index (Phi) is 3.98. The van der Waals surface area contributed by atoms with E-state index in [-0.39, 0.29) is 5.16 Å². The zero-order valence-corrected chi connectivity index (χ0v) is 13.4. The van der Waals surface area contributed by atoms with Gasteiger partial charge in [-0.25, -0.2) is 8.42 Å². The molecule has 0 amide bonds. The van der Waals surface area contributed by atoms with Crippen molar-refractivity contribution in [3.8, 4) is 11.4 Å². The second-order valence-corrected chi connectivity index (χ2v) is 7.21. The Morgan fingerprint density at radius 3 is 2.63 bits per heavy atom. The number of hydrogen-bond acceptors (Lipinski definition) is 4. The molecule has 0 saturated carbocycles. The second-order valence-electron chi connectivity index (χ2n) is 3.90. The number of nitrogens with zero attached hydrogens (tertiary/aromatic N) is 3. The summed E-state index contributed by atoms with van der Waals surface area (Å²) < 4.78 is 25.3. The Balaban J connectivity index is 2.71. The molecule has 0 unspecified atom stereocenters. The first-order valence-corrected chi connectivity index (χ1v) is 8.59. The molecule has 2 aromatic rings. The van der Waals surface area contributed by atoms with Crippen LogP contribution in [0, 0.1) is 6.92 Å². The van der Waals surface area contributed by atoms with Gasteiger partial charge in [0.1, 0.15) is 0 Å². The van der Waals surface area contributed by atoms with Gasteiger partial charge < -0.3 is 0 Å². The predicted octanol–water partition coefficient (Wildman–Crippen LogP) is 2.96. The SMILES string of the molecule is CCn1c(-c2cccc(Br)c2C)nnc1S(=O)(=O)Cl. The Morgan fingerprint density at radius 2 is 2.05 bits per heavy atom. The average molecular weight is 365 g/mol. The molecule has 0 aliphatic heterocycles. The van der Waals surface area contributed by atoms with Crippen molar-refractivity contribution in [2.24, 2.45) is 0 Å². The van der Waals surface area contributed by atoms with Crippen LogP contribution in [0.1, 0.15) is 12.5 Å². The van der Waals surface area contributed by atoms with Gasteiger partial charge in [-0.1, -0.05) is 28.1 Å². The number of halogens is 2. The third-order valence-electron chi connectivity index (χ3n) is 2.76. The molecule has 19 heavy (non-hydrogen) atoms. The molecule has 8 heteroatoms. The normalized spacial score (nSPS) is 11.8. The average Bonchev–Trinajstić information content (AvgIpc) is 2.76. The van der Waals surface area contributed by atoms with Gasteiger partial charge in [0, 0.05) is 27.3 Å². The van der Waals surface area contributed by atoms with E-state index in [0.717, 1.165) is 15.6 Å². The molecule has 5 nitrogen and oxygen atoms in total. The summed E-state index contributed by atoms with van der Waals surface area (Å²) in [6.07, 6.45) is 0. The third kappa shape index (κ3) is 2.68. The molecule has 0 fully saturated rings. The van der Waals surface area contributed by atoms with Gasteiger partial charge in [0.25, 0.3) is 14.2 Å². The molecule has 0 spiro atoms. The maximum Gasteiger partial charge on any atom is 0.296 e. The topological polar surface area (TPSA) is 64.8 Å². The van der Waals surface area contributed by atoms with Crippen molar-refractivity contribution in [2.75, 3.05) is 0 Å². The standard InChI is InChI=1S/C11H11BrClN3O2S/c1-3-16-10(14-15-11(16)19(13,17)18)8-5-4-6-9(12)7(8)2/h4-6H,3H2,1-2H3. The van der Waals surface area contributed by atoms with Crippen LogP contribution < -0.4 is 0 Å². The Labute approximate surface area is 124 Å². The van der Waals surface area contributed by atoms with Gasteiger partial charge in [-0.05, 0) is 25.5 Å². The minimum absolute atomic E-state index is 0.231. The summed E-state index contributed by atoms with van der Waals surface area (Å²) in [5, 5.41) is 7.41. The maximum absolute atomic E-state index is 11.4. The molecule has 2 rings (SSSR count). The lowest BCUT2D eigenvalue weighted by atomic mass is 10.1. The van der Waals surface area contributed by atoms with Crippen LogP contribution in [0.25, 0.3) is 11.4 Å². The van der Waals surface area contributed by atoms with E-state index in [9.17, 15) is 8.42 Å². The minimum Gasteiger partial charge on any atom is -0.297 e.